The Morgan fingerprint density at radius 2 is 2.28 bits per heavy atom. The maximum atomic E-state index is 12.3. The van der Waals surface area contributed by atoms with Crippen molar-refractivity contribution < 1.29 is 15.0 Å². The van der Waals surface area contributed by atoms with Crippen LogP contribution in [0.5, 0.6) is 0 Å². The summed E-state index contributed by atoms with van der Waals surface area (Å²) in [5, 5.41) is 27.9. The van der Waals surface area contributed by atoms with Crippen molar-refractivity contribution >= 4 is 17.0 Å². The molecule has 0 spiro atoms. The number of nitrogens with one attached hydrogen (secondary N) is 1. The number of carbonyl (C=O) groups is 1. The Morgan fingerprint density at radius 3 is 3.04 bits per heavy atom. The van der Waals surface area contributed by atoms with Crippen LogP contribution in [0, 0.1) is 11.8 Å². The van der Waals surface area contributed by atoms with Gasteiger partial charge in [0.2, 0.25) is 0 Å². The zero-order valence-electron chi connectivity index (χ0n) is 14.7. The summed E-state index contributed by atoms with van der Waals surface area (Å²) >= 11 is 0. The third-order valence-corrected chi connectivity index (χ3v) is 5.95. The maximum absolute atomic E-state index is 12.3. The Morgan fingerprint density at radius 1 is 1.48 bits per heavy atom. The Labute approximate surface area is 146 Å². The lowest BCUT2D eigenvalue weighted by Gasteiger charge is -2.34. The first-order valence-corrected chi connectivity index (χ1v) is 8.94. The highest BCUT2D eigenvalue weighted by Crippen LogP contribution is 2.55. The van der Waals surface area contributed by atoms with Crippen LogP contribution in [0.15, 0.2) is 24.5 Å². The largest absolute Gasteiger partial charge is 0.390 e. The van der Waals surface area contributed by atoms with Gasteiger partial charge in [0.15, 0.2) is 5.78 Å². The van der Waals surface area contributed by atoms with Crippen LogP contribution in [0.2, 0.25) is 0 Å². The predicted octanol–water partition coefficient (Wildman–Crippen LogP) is 2.25. The van der Waals surface area contributed by atoms with Gasteiger partial charge in [0, 0.05) is 11.7 Å². The van der Waals surface area contributed by atoms with Gasteiger partial charge >= 0.3 is 0 Å². The third kappa shape index (κ3) is 2.64. The van der Waals surface area contributed by atoms with E-state index < -0.39 is 12.2 Å². The normalized spacial score (nSPS) is 34.4. The molecule has 3 unspecified atom stereocenters. The Hall–Kier alpha value is -1.92. The van der Waals surface area contributed by atoms with E-state index in [9.17, 15) is 15.0 Å². The average molecular weight is 343 g/mol. The second kappa shape index (κ2) is 5.54. The summed E-state index contributed by atoms with van der Waals surface area (Å²) in [4.78, 5) is 12.3. The predicted molar refractivity (Wildman–Crippen MR) is 94.7 cm³/mol. The number of anilines is 1. The average Bonchev–Trinajstić information content (AvgIpc) is 3.16. The highest BCUT2D eigenvalue weighted by molar-refractivity contribution is 6.04. The van der Waals surface area contributed by atoms with Crippen LogP contribution in [0.3, 0.4) is 0 Å². The molecule has 6 heteroatoms. The molecular formula is C19H25N3O3. The molecule has 3 N–H and O–H groups in total. The van der Waals surface area contributed by atoms with Gasteiger partial charge in [0.1, 0.15) is 6.61 Å². The number of hydrogen-bond donors (Lipinski definition) is 3. The topological polar surface area (TPSA) is 86.9 Å². The fourth-order valence-corrected chi connectivity index (χ4v) is 5.23. The van der Waals surface area contributed by atoms with E-state index in [1.54, 1.807) is 4.52 Å². The van der Waals surface area contributed by atoms with E-state index >= 15 is 0 Å². The SMILES string of the molecule is CC1C[C@@H]2CC(C)(O)CC2(Nc2c(C(=O)CO)cnn3cccc23)C1. The minimum Gasteiger partial charge on any atom is -0.390 e. The minimum absolute atomic E-state index is 0.223. The number of nitrogens with zero attached hydrogens (tertiary/aromatic N) is 2. The molecule has 2 fully saturated rings. The van der Waals surface area contributed by atoms with E-state index in [-0.39, 0.29) is 11.3 Å². The third-order valence-electron chi connectivity index (χ3n) is 5.95. The molecule has 0 saturated heterocycles. The van der Waals surface area contributed by atoms with Gasteiger partial charge in [-0.3, -0.25) is 4.79 Å². The molecular weight excluding hydrogens is 318 g/mol. The van der Waals surface area contributed by atoms with Gasteiger partial charge in [-0.1, -0.05) is 6.92 Å². The Bertz CT molecular complexity index is 828. The number of aromatic nitrogens is 2. The molecule has 4 rings (SSSR count). The number of ketones is 1. The number of aliphatic hydroxyl groups is 2. The summed E-state index contributed by atoms with van der Waals surface area (Å²) in [5.41, 5.74) is 1.03. The van der Waals surface area contributed by atoms with Crippen LogP contribution < -0.4 is 5.32 Å². The lowest BCUT2D eigenvalue weighted by Crippen LogP contribution is -2.40. The van der Waals surface area contributed by atoms with E-state index in [1.807, 2.05) is 25.3 Å². The van der Waals surface area contributed by atoms with Gasteiger partial charge in [-0.15, -0.1) is 0 Å². The van der Waals surface area contributed by atoms with Crippen molar-refractivity contribution in [2.45, 2.75) is 50.7 Å². The molecule has 134 valence electrons. The second-order valence-corrected chi connectivity index (χ2v) is 8.25. The molecule has 2 aromatic rings. The molecule has 2 heterocycles. The summed E-state index contributed by atoms with van der Waals surface area (Å²) < 4.78 is 1.73. The van der Waals surface area contributed by atoms with Gasteiger partial charge < -0.3 is 15.5 Å². The molecule has 0 radical (unpaired) electrons. The van der Waals surface area contributed by atoms with Gasteiger partial charge in [-0.2, -0.15) is 5.10 Å². The summed E-state index contributed by atoms with van der Waals surface area (Å²) in [6.45, 7) is 3.60. The van der Waals surface area contributed by atoms with Crippen molar-refractivity contribution in [3.8, 4) is 0 Å². The zero-order valence-corrected chi connectivity index (χ0v) is 14.7. The molecule has 2 aromatic heterocycles. The van der Waals surface area contributed by atoms with E-state index in [4.69, 9.17) is 0 Å². The van der Waals surface area contributed by atoms with Gasteiger partial charge in [-0.25, -0.2) is 4.52 Å². The molecule has 0 aromatic carbocycles. The van der Waals surface area contributed by atoms with Crippen molar-refractivity contribution in [1.29, 1.82) is 0 Å². The van der Waals surface area contributed by atoms with Crippen molar-refractivity contribution in [2.75, 3.05) is 11.9 Å². The molecule has 0 aliphatic heterocycles. The smallest absolute Gasteiger partial charge is 0.191 e. The van der Waals surface area contributed by atoms with Crippen molar-refractivity contribution in [1.82, 2.24) is 9.61 Å². The highest BCUT2D eigenvalue weighted by atomic mass is 16.3. The van der Waals surface area contributed by atoms with Crippen molar-refractivity contribution in [3.63, 3.8) is 0 Å². The Balaban J connectivity index is 1.82. The molecule has 0 amide bonds. The summed E-state index contributed by atoms with van der Waals surface area (Å²) in [6, 6.07) is 3.80. The van der Waals surface area contributed by atoms with Crippen LogP contribution in [0.4, 0.5) is 5.69 Å². The van der Waals surface area contributed by atoms with E-state index in [0.29, 0.717) is 23.8 Å². The standard InChI is InChI=1S/C19H25N3O3/c1-12-6-13-8-18(2,25)11-19(13,7-12)21-17-14(16(24)10-23)9-20-22-5-3-4-15(17)22/h3-5,9,12-13,21,23,25H,6-8,10-11H2,1-2H3/t12?,13-,18?,19?/m1/s1. The number of rotatable bonds is 4. The minimum atomic E-state index is -0.690. The monoisotopic (exact) mass is 343 g/mol. The number of carbonyl (C=O) groups excluding carboxylic acids is 1. The zero-order chi connectivity index (χ0) is 17.8. The van der Waals surface area contributed by atoms with Crippen molar-refractivity contribution in [2.24, 2.45) is 11.8 Å². The molecule has 0 bridgehead atoms. The van der Waals surface area contributed by atoms with Crippen molar-refractivity contribution in [3.05, 3.63) is 30.1 Å². The highest BCUT2D eigenvalue weighted by Gasteiger charge is 2.56. The molecule has 2 aliphatic carbocycles. The van der Waals surface area contributed by atoms with Crippen LogP contribution in [0.25, 0.3) is 5.52 Å². The molecule has 4 atom stereocenters. The van der Waals surface area contributed by atoms with Gasteiger partial charge in [0.05, 0.1) is 28.6 Å². The molecule has 25 heavy (non-hydrogen) atoms. The van der Waals surface area contributed by atoms with Crippen LogP contribution in [-0.4, -0.2) is 43.4 Å². The number of Topliss-reactive ketones (excluding diaryl/α,β-unsaturated/α-hetero) is 1. The van der Waals surface area contributed by atoms with Crippen LogP contribution in [0.1, 0.15) is 49.9 Å². The van der Waals surface area contributed by atoms with Crippen LogP contribution >= 0.6 is 0 Å². The number of hydrogen-bond acceptors (Lipinski definition) is 5. The first kappa shape index (κ1) is 16.5. The lowest BCUT2D eigenvalue weighted by atomic mass is 9.88. The molecule has 2 saturated carbocycles. The second-order valence-electron chi connectivity index (χ2n) is 8.25. The number of fused-ring (bicyclic) bond motifs is 2. The summed E-state index contributed by atoms with van der Waals surface area (Å²) in [5.74, 6) is 0.607. The first-order valence-electron chi connectivity index (χ1n) is 8.94. The van der Waals surface area contributed by atoms with Gasteiger partial charge in [-0.05, 0) is 56.6 Å². The quantitative estimate of drug-likeness (QED) is 0.741. The van der Waals surface area contributed by atoms with Gasteiger partial charge in [0.25, 0.3) is 0 Å². The summed E-state index contributed by atoms with van der Waals surface area (Å²) in [6.07, 6.45) is 6.84. The van der Waals surface area contributed by atoms with Crippen LogP contribution in [-0.2, 0) is 0 Å². The molecule has 6 nitrogen and oxygen atoms in total. The van der Waals surface area contributed by atoms with E-state index in [0.717, 1.165) is 30.5 Å². The Kier molecular flexibility index (Phi) is 3.67. The molecule has 2 aliphatic rings. The lowest BCUT2D eigenvalue weighted by molar-refractivity contribution is 0.0564. The van der Waals surface area contributed by atoms with E-state index in [2.05, 4.69) is 17.3 Å². The maximum Gasteiger partial charge on any atom is 0.191 e. The fourth-order valence-electron chi connectivity index (χ4n) is 5.23. The van der Waals surface area contributed by atoms with E-state index in [1.165, 1.54) is 6.20 Å². The number of aliphatic hydroxyl groups excluding tert-OH is 1. The summed E-state index contributed by atoms with van der Waals surface area (Å²) in [7, 11) is 0. The fraction of sp³-hybridized carbons (Fsp3) is 0.579. The first-order chi connectivity index (χ1) is 11.8.